The highest BCUT2D eigenvalue weighted by Gasteiger charge is 2.38. The molecule has 2 aromatic rings. The largest absolute Gasteiger partial charge is 0.367 e. The lowest BCUT2D eigenvalue weighted by atomic mass is 10.1. The van der Waals surface area contributed by atoms with Gasteiger partial charge in [-0.15, -0.1) is 0 Å². The fourth-order valence-electron chi connectivity index (χ4n) is 2.11. The van der Waals surface area contributed by atoms with E-state index < -0.39 is 5.95 Å². The maximum absolute atomic E-state index is 12.9. The lowest BCUT2D eigenvalue weighted by Crippen LogP contribution is -2.06. The smallest absolute Gasteiger partial charge is 0.214 e. The summed E-state index contributed by atoms with van der Waals surface area (Å²) in [5.74, 6) is 0.190. The molecule has 0 saturated heterocycles. The molecule has 1 fully saturated rings. The van der Waals surface area contributed by atoms with Crippen LogP contribution in [-0.4, -0.2) is 11.0 Å². The van der Waals surface area contributed by atoms with Gasteiger partial charge in [-0.05, 0) is 36.2 Å². The van der Waals surface area contributed by atoms with Gasteiger partial charge in [0.2, 0.25) is 5.95 Å². The van der Waals surface area contributed by atoms with Crippen molar-refractivity contribution in [2.45, 2.75) is 18.4 Å². The molecule has 92 valence electrons. The monoisotopic (exact) mass is 246 g/mol. The van der Waals surface area contributed by atoms with Crippen molar-refractivity contribution in [1.29, 1.82) is 0 Å². The van der Waals surface area contributed by atoms with Crippen LogP contribution in [0.1, 0.15) is 17.9 Å². The summed E-state index contributed by atoms with van der Waals surface area (Å²) in [4.78, 5) is 3.76. The molecular formula is C14H12F2N2. The van der Waals surface area contributed by atoms with E-state index in [1.807, 2.05) is 0 Å². The number of halogens is 2. The molecule has 0 spiro atoms. The van der Waals surface area contributed by atoms with Gasteiger partial charge in [0, 0.05) is 12.0 Å². The number of benzene rings is 1. The Kier molecular flexibility index (Phi) is 2.70. The quantitative estimate of drug-likeness (QED) is 0.840. The zero-order valence-corrected chi connectivity index (χ0v) is 9.61. The summed E-state index contributed by atoms with van der Waals surface area (Å²) in [5.41, 5.74) is 1.10. The first-order valence-electron chi connectivity index (χ1n) is 5.87. The van der Waals surface area contributed by atoms with E-state index >= 15 is 0 Å². The van der Waals surface area contributed by atoms with E-state index in [0.717, 1.165) is 12.0 Å². The van der Waals surface area contributed by atoms with E-state index in [1.54, 1.807) is 24.3 Å². The third kappa shape index (κ3) is 2.32. The van der Waals surface area contributed by atoms with Crippen molar-refractivity contribution in [3.05, 3.63) is 59.8 Å². The minimum atomic E-state index is -0.487. The van der Waals surface area contributed by atoms with E-state index in [-0.39, 0.29) is 11.9 Å². The Morgan fingerprint density at radius 3 is 2.56 bits per heavy atom. The summed E-state index contributed by atoms with van der Waals surface area (Å²) in [6, 6.07) is 11.4. The van der Waals surface area contributed by atoms with Gasteiger partial charge in [0.1, 0.15) is 11.6 Å². The van der Waals surface area contributed by atoms with Gasteiger partial charge < -0.3 is 5.32 Å². The number of nitrogens with one attached hydrogen (secondary N) is 1. The number of nitrogens with zero attached hydrogens (tertiary/aromatic N) is 1. The predicted octanol–water partition coefficient (Wildman–Crippen LogP) is 3.33. The maximum atomic E-state index is 12.9. The molecule has 1 N–H and O–H groups in total. The van der Waals surface area contributed by atoms with Crippen molar-refractivity contribution < 1.29 is 8.78 Å². The summed E-state index contributed by atoms with van der Waals surface area (Å²) >= 11 is 0. The number of aromatic nitrogens is 1. The minimum Gasteiger partial charge on any atom is -0.367 e. The molecule has 0 radical (unpaired) electrons. The van der Waals surface area contributed by atoms with Crippen molar-refractivity contribution in [2.75, 3.05) is 5.32 Å². The van der Waals surface area contributed by atoms with Gasteiger partial charge in [-0.25, -0.2) is 9.37 Å². The minimum absolute atomic E-state index is 0.226. The standard InChI is InChI=1S/C14H12F2N2/c15-10-6-4-9(5-7-10)11-8-12(11)17-14-3-1-2-13(16)18-14/h1-7,11-12H,8H2,(H,17,18)/t11-,12+/m0/s1. The summed E-state index contributed by atoms with van der Waals surface area (Å²) in [6.45, 7) is 0. The van der Waals surface area contributed by atoms with E-state index in [9.17, 15) is 8.78 Å². The predicted molar refractivity (Wildman–Crippen MR) is 65.4 cm³/mol. The summed E-state index contributed by atoms with van der Waals surface area (Å²) in [6.07, 6.45) is 0.962. The summed E-state index contributed by atoms with van der Waals surface area (Å²) in [7, 11) is 0. The van der Waals surface area contributed by atoms with Gasteiger partial charge >= 0.3 is 0 Å². The molecule has 4 heteroatoms. The van der Waals surface area contributed by atoms with Crippen molar-refractivity contribution in [2.24, 2.45) is 0 Å². The average Bonchev–Trinajstić information content (AvgIpc) is 3.09. The zero-order valence-electron chi connectivity index (χ0n) is 9.61. The number of rotatable bonds is 3. The second-order valence-electron chi connectivity index (χ2n) is 4.49. The van der Waals surface area contributed by atoms with E-state index in [2.05, 4.69) is 10.3 Å². The highest BCUT2D eigenvalue weighted by atomic mass is 19.1. The molecular weight excluding hydrogens is 234 g/mol. The first-order valence-corrected chi connectivity index (χ1v) is 5.87. The molecule has 3 rings (SSSR count). The Morgan fingerprint density at radius 2 is 1.83 bits per heavy atom. The molecule has 2 atom stereocenters. The second kappa shape index (κ2) is 4.37. The average molecular weight is 246 g/mol. The molecule has 0 bridgehead atoms. The second-order valence-corrected chi connectivity index (χ2v) is 4.49. The Balaban J connectivity index is 1.66. The van der Waals surface area contributed by atoms with E-state index in [4.69, 9.17) is 0 Å². The van der Waals surface area contributed by atoms with Crippen LogP contribution in [0.2, 0.25) is 0 Å². The molecule has 1 aliphatic rings. The number of hydrogen-bond donors (Lipinski definition) is 1. The topological polar surface area (TPSA) is 24.9 Å². The molecule has 1 aromatic heterocycles. The Morgan fingerprint density at radius 1 is 1.06 bits per heavy atom. The summed E-state index contributed by atoms with van der Waals surface area (Å²) < 4.78 is 25.7. The number of anilines is 1. The molecule has 1 aliphatic carbocycles. The van der Waals surface area contributed by atoms with Crippen LogP contribution < -0.4 is 5.32 Å². The van der Waals surface area contributed by atoms with Crippen LogP contribution >= 0.6 is 0 Å². The Labute approximate surface area is 104 Å². The molecule has 0 aliphatic heterocycles. The van der Waals surface area contributed by atoms with Crippen LogP contribution in [-0.2, 0) is 0 Å². The molecule has 1 heterocycles. The van der Waals surface area contributed by atoms with Crippen molar-refractivity contribution in [3.63, 3.8) is 0 Å². The van der Waals surface area contributed by atoms with Crippen LogP contribution in [0.4, 0.5) is 14.6 Å². The van der Waals surface area contributed by atoms with E-state index in [1.165, 1.54) is 18.2 Å². The van der Waals surface area contributed by atoms with Gasteiger partial charge in [0.05, 0.1) is 0 Å². The van der Waals surface area contributed by atoms with Gasteiger partial charge in [0.15, 0.2) is 0 Å². The normalized spacial score (nSPS) is 21.7. The van der Waals surface area contributed by atoms with Gasteiger partial charge in [0.25, 0.3) is 0 Å². The molecule has 0 unspecified atom stereocenters. The van der Waals surface area contributed by atoms with Crippen molar-refractivity contribution >= 4 is 5.82 Å². The molecule has 2 nitrogen and oxygen atoms in total. The lowest BCUT2D eigenvalue weighted by Gasteiger charge is -2.05. The summed E-state index contributed by atoms with van der Waals surface area (Å²) in [5, 5.41) is 3.18. The molecule has 18 heavy (non-hydrogen) atoms. The molecule has 1 aromatic carbocycles. The van der Waals surface area contributed by atoms with Crippen LogP contribution in [0.5, 0.6) is 0 Å². The SMILES string of the molecule is Fc1ccc([C@@H]2C[C@H]2Nc2cccc(F)n2)cc1. The van der Waals surface area contributed by atoms with Crippen LogP contribution in [0.25, 0.3) is 0 Å². The third-order valence-corrected chi connectivity index (χ3v) is 3.14. The Hall–Kier alpha value is -1.97. The van der Waals surface area contributed by atoms with Gasteiger partial charge in [-0.2, -0.15) is 4.39 Å². The van der Waals surface area contributed by atoms with Crippen LogP contribution in [0.3, 0.4) is 0 Å². The number of hydrogen-bond acceptors (Lipinski definition) is 2. The molecule has 1 saturated carbocycles. The third-order valence-electron chi connectivity index (χ3n) is 3.14. The van der Waals surface area contributed by atoms with E-state index in [0.29, 0.717) is 11.7 Å². The first kappa shape index (κ1) is 11.1. The van der Waals surface area contributed by atoms with Gasteiger partial charge in [-0.1, -0.05) is 18.2 Å². The number of pyridine rings is 1. The first-order chi connectivity index (χ1) is 8.72. The van der Waals surface area contributed by atoms with Crippen molar-refractivity contribution in [3.8, 4) is 0 Å². The fourth-order valence-corrected chi connectivity index (χ4v) is 2.11. The highest BCUT2D eigenvalue weighted by Crippen LogP contribution is 2.42. The van der Waals surface area contributed by atoms with Crippen LogP contribution in [0, 0.1) is 11.8 Å². The highest BCUT2D eigenvalue weighted by molar-refractivity contribution is 5.41. The molecule has 0 amide bonds. The van der Waals surface area contributed by atoms with Gasteiger partial charge in [-0.3, -0.25) is 0 Å². The maximum Gasteiger partial charge on any atom is 0.214 e. The van der Waals surface area contributed by atoms with Crippen LogP contribution in [0.15, 0.2) is 42.5 Å². The van der Waals surface area contributed by atoms with Crippen molar-refractivity contribution in [1.82, 2.24) is 4.98 Å². The fraction of sp³-hybridized carbons (Fsp3) is 0.214. The Bertz CT molecular complexity index is 554. The lowest BCUT2D eigenvalue weighted by molar-refractivity contribution is 0.585. The zero-order chi connectivity index (χ0) is 12.5.